The first kappa shape index (κ1) is 15.7. The molecule has 0 amide bonds. The van der Waals surface area contributed by atoms with Crippen molar-refractivity contribution in [3.63, 3.8) is 0 Å². The molecule has 2 N–H and O–H groups in total. The van der Waals surface area contributed by atoms with E-state index in [-0.39, 0.29) is 5.25 Å². The first-order chi connectivity index (χ1) is 8.88. The molecular formula is C14H17FO3S. The Bertz CT molecular complexity index is 472. The molecule has 0 saturated heterocycles. The molecule has 2 unspecified atom stereocenters. The van der Waals surface area contributed by atoms with Gasteiger partial charge in [-0.3, -0.25) is 0 Å². The summed E-state index contributed by atoms with van der Waals surface area (Å²) in [4.78, 5) is 10.4. The van der Waals surface area contributed by atoms with Gasteiger partial charge in [-0.2, -0.15) is 11.8 Å². The Morgan fingerprint density at radius 2 is 2.11 bits per heavy atom. The lowest BCUT2D eigenvalue weighted by Crippen LogP contribution is -2.15. The summed E-state index contributed by atoms with van der Waals surface area (Å²) in [6.45, 7) is 3.62. The summed E-state index contributed by atoms with van der Waals surface area (Å²) >= 11 is 1.52. The molecule has 1 aromatic rings. The molecule has 0 saturated carbocycles. The number of aliphatic carboxylic acids is 1. The summed E-state index contributed by atoms with van der Waals surface area (Å²) in [6, 6.07) is 4.44. The predicted molar refractivity (Wildman–Crippen MR) is 75.5 cm³/mol. The quantitative estimate of drug-likeness (QED) is 0.789. The number of carboxylic acid groups (broad SMARTS) is 1. The van der Waals surface area contributed by atoms with Crippen LogP contribution < -0.4 is 0 Å². The second kappa shape index (κ2) is 7.31. The Balaban J connectivity index is 2.76. The highest BCUT2D eigenvalue weighted by atomic mass is 32.2. The number of benzene rings is 1. The van der Waals surface area contributed by atoms with Crippen LogP contribution in [0.5, 0.6) is 0 Å². The highest BCUT2D eigenvalue weighted by molar-refractivity contribution is 7.99. The van der Waals surface area contributed by atoms with Crippen molar-refractivity contribution < 1.29 is 19.4 Å². The SMILES string of the molecule is CC(O)C(C)SCc1cc(F)cc(/C=C/C(=O)O)c1. The minimum atomic E-state index is -1.07. The van der Waals surface area contributed by atoms with Gasteiger partial charge in [0.15, 0.2) is 0 Å². The van der Waals surface area contributed by atoms with E-state index in [4.69, 9.17) is 5.11 Å². The summed E-state index contributed by atoms with van der Waals surface area (Å²) in [5.74, 6) is -0.895. The average molecular weight is 284 g/mol. The van der Waals surface area contributed by atoms with Crippen LogP contribution in [-0.2, 0) is 10.5 Å². The van der Waals surface area contributed by atoms with Crippen LogP contribution in [0.15, 0.2) is 24.3 Å². The number of aliphatic hydroxyl groups is 1. The number of halogens is 1. The van der Waals surface area contributed by atoms with E-state index >= 15 is 0 Å². The lowest BCUT2D eigenvalue weighted by Gasteiger charge is -2.14. The molecule has 104 valence electrons. The summed E-state index contributed by atoms with van der Waals surface area (Å²) in [7, 11) is 0. The molecule has 0 spiro atoms. The van der Waals surface area contributed by atoms with Gasteiger partial charge in [0.25, 0.3) is 0 Å². The topological polar surface area (TPSA) is 57.5 Å². The zero-order valence-electron chi connectivity index (χ0n) is 10.8. The lowest BCUT2D eigenvalue weighted by atomic mass is 10.1. The van der Waals surface area contributed by atoms with Gasteiger partial charge in [0.2, 0.25) is 0 Å². The third kappa shape index (κ3) is 5.89. The molecule has 0 bridgehead atoms. The van der Waals surface area contributed by atoms with Crippen molar-refractivity contribution >= 4 is 23.8 Å². The highest BCUT2D eigenvalue weighted by Gasteiger charge is 2.09. The summed E-state index contributed by atoms with van der Waals surface area (Å²) in [5, 5.41) is 18.0. The minimum Gasteiger partial charge on any atom is -0.478 e. The van der Waals surface area contributed by atoms with E-state index in [1.807, 2.05) is 6.92 Å². The smallest absolute Gasteiger partial charge is 0.328 e. The number of carbonyl (C=O) groups is 1. The number of rotatable bonds is 6. The Kier molecular flexibility index (Phi) is 6.05. The standard InChI is InChI=1S/C14H17FO3S/c1-9(16)10(2)19-8-12-5-11(3-4-14(17)18)6-13(15)7-12/h3-7,9-10,16H,8H2,1-2H3,(H,17,18)/b4-3+. The van der Waals surface area contributed by atoms with E-state index in [0.717, 1.165) is 11.6 Å². The van der Waals surface area contributed by atoms with Crippen LogP contribution in [0.1, 0.15) is 25.0 Å². The highest BCUT2D eigenvalue weighted by Crippen LogP contribution is 2.22. The molecule has 0 aromatic heterocycles. The molecule has 0 radical (unpaired) electrons. The second-order valence-electron chi connectivity index (χ2n) is 4.32. The van der Waals surface area contributed by atoms with Gasteiger partial charge in [-0.05, 0) is 36.3 Å². The van der Waals surface area contributed by atoms with E-state index in [0.29, 0.717) is 11.3 Å². The van der Waals surface area contributed by atoms with E-state index < -0.39 is 17.9 Å². The normalized spacial score (nSPS) is 14.5. The van der Waals surface area contributed by atoms with Gasteiger partial charge in [0, 0.05) is 17.1 Å². The van der Waals surface area contributed by atoms with Crippen molar-refractivity contribution in [2.24, 2.45) is 0 Å². The Morgan fingerprint density at radius 3 is 2.68 bits per heavy atom. The van der Waals surface area contributed by atoms with Crippen molar-refractivity contribution in [2.75, 3.05) is 0 Å². The Morgan fingerprint density at radius 1 is 1.42 bits per heavy atom. The van der Waals surface area contributed by atoms with Crippen molar-refractivity contribution in [2.45, 2.75) is 31.0 Å². The monoisotopic (exact) mass is 284 g/mol. The molecule has 5 heteroatoms. The number of hydrogen-bond acceptors (Lipinski definition) is 3. The van der Waals surface area contributed by atoms with Crippen LogP contribution in [0.3, 0.4) is 0 Å². The molecule has 0 heterocycles. The molecule has 2 atom stereocenters. The van der Waals surface area contributed by atoms with Gasteiger partial charge in [0.05, 0.1) is 6.10 Å². The van der Waals surface area contributed by atoms with Gasteiger partial charge < -0.3 is 10.2 Å². The molecule has 1 aromatic carbocycles. The van der Waals surface area contributed by atoms with Crippen LogP contribution in [0.2, 0.25) is 0 Å². The van der Waals surface area contributed by atoms with Gasteiger partial charge in [-0.15, -0.1) is 0 Å². The third-order valence-corrected chi connectivity index (χ3v) is 4.01. The molecule has 0 aliphatic carbocycles. The largest absolute Gasteiger partial charge is 0.478 e. The maximum atomic E-state index is 13.4. The third-order valence-electron chi connectivity index (χ3n) is 2.59. The fourth-order valence-electron chi connectivity index (χ4n) is 1.39. The lowest BCUT2D eigenvalue weighted by molar-refractivity contribution is -0.131. The predicted octanol–water partition coefficient (Wildman–Crippen LogP) is 2.93. The zero-order chi connectivity index (χ0) is 14.4. The fourth-order valence-corrected chi connectivity index (χ4v) is 2.29. The van der Waals surface area contributed by atoms with Crippen molar-refractivity contribution in [1.29, 1.82) is 0 Å². The maximum Gasteiger partial charge on any atom is 0.328 e. The van der Waals surface area contributed by atoms with Crippen LogP contribution in [0, 0.1) is 5.82 Å². The van der Waals surface area contributed by atoms with Crippen LogP contribution in [0.25, 0.3) is 6.08 Å². The molecule has 3 nitrogen and oxygen atoms in total. The Labute approximate surface area is 116 Å². The van der Waals surface area contributed by atoms with E-state index in [9.17, 15) is 14.3 Å². The number of aliphatic hydroxyl groups excluding tert-OH is 1. The second-order valence-corrected chi connectivity index (χ2v) is 5.69. The molecular weight excluding hydrogens is 267 g/mol. The van der Waals surface area contributed by atoms with Crippen molar-refractivity contribution in [3.05, 3.63) is 41.2 Å². The fraction of sp³-hybridized carbons (Fsp3) is 0.357. The van der Waals surface area contributed by atoms with Gasteiger partial charge >= 0.3 is 5.97 Å². The van der Waals surface area contributed by atoms with Gasteiger partial charge in [-0.25, -0.2) is 9.18 Å². The molecule has 0 aliphatic rings. The maximum absolute atomic E-state index is 13.4. The Hall–Kier alpha value is -1.33. The molecule has 19 heavy (non-hydrogen) atoms. The molecule has 0 aliphatic heterocycles. The van der Waals surface area contributed by atoms with E-state index in [1.54, 1.807) is 13.0 Å². The van der Waals surface area contributed by atoms with Crippen LogP contribution >= 0.6 is 11.8 Å². The number of carboxylic acids is 1. The first-order valence-corrected chi connectivity index (χ1v) is 6.93. The number of thioether (sulfide) groups is 1. The zero-order valence-corrected chi connectivity index (χ0v) is 11.7. The molecule has 0 fully saturated rings. The number of hydrogen-bond donors (Lipinski definition) is 2. The average Bonchev–Trinajstić information content (AvgIpc) is 2.32. The summed E-state index contributed by atoms with van der Waals surface area (Å²) < 4.78 is 13.4. The molecule has 1 rings (SSSR count). The van der Waals surface area contributed by atoms with Gasteiger partial charge in [-0.1, -0.05) is 13.0 Å². The van der Waals surface area contributed by atoms with Crippen LogP contribution in [-0.4, -0.2) is 27.5 Å². The van der Waals surface area contributed by atoms with E-state index in [2.05, 4.69) is 0 Å². The first-order valence-electron chi connectivity index (χ1n) is 5.88. The minimum absolute atomic E-state index is 0.0567. The summed E-state index contributed by atoms with van der Waals surface area (Å²) in [6.07, 6.45) is 1.91. The van der Waals surface area contributed by atoms with Crippen LogP contribution in [0.4, 0.5) is 4.39 Å². The van der Waals surface area contributed by atoms with Gasteiger partial charge in [0.1, 0.15) is 5.82 Å². The van der Waals surface area contributed by atoms with Crippen molar-refractivity contribution in [3.8, 4) is 0 Å². The van der Waals surface area contributed by atoms with E-state index in [1.165, 1.54) is 30.0 Å². The summed E-state index contributed by atoms with van der Waals surface area (Å²) in [5.41, 5.74) is 1.28. The van der Waals surface area contributed by atoms with Crippen molar-refractivity contribution in [1.82, 2.24) is 0 Å².